The molecule has 1 unspecified atom stereocenters. The highest BCUT2D eigenvalue weighted by Gasteiger charge is 2.24. The van der Waals surface area contributed by atoms with Crippen LogP contribution in [-0.2, 0) is 16.0 Å². The number of alkyl carbamates (subject to hydrolysis) is 1. The van der Waals surface area contributed by atoms with E-state index in [9.17, 15) is 9.59 Å². The largest absolute Gasteiger partial charge is 0.481 e. The molecule has 2 aromatic rings. The lowest BCUT2D eigenvalue weighted by Gasteiger charge is -2.17. The molecule has 2 N–H and O–H groups in total. The fraction of sp³-hybridized carbons (Fsp3) is 0.400. The fourth-order valence-corrected chi connectivity index (χ4v) is 2.74. The molecule has 1 atom stereocenters. The number of ether oxygens (including phenoxy) is 1. The molecule has 7 nitrogen and oxygen atoms in total. The number of aliphatic carboxylic acids is 1. The van der Waals surface area contributed by atoms with E-state index in [2.05, 4.69) is 11.9 Å². The SMILES string of the molecule is C=Cc1occc1CC(OC(=O)NCCCCCC(=O)O)c1occc1C. The molecule has 146 valence electrons. The molecule has 0 spiro atoms. The third-order valence-electron chi connectivity index (χ3n) is 4.15. The van der Waals surface area contributed by atoms with Gasteiger partial charge < -0.3 is 24.0 Å². The van der Waals surface area contributed by atoms with Crippen molar-refractivity contribution in [2.75, 3.05) is 6.54 Å². The number of rotatable bonds is 11. The summed E-state index contributed by atoms with van der Waals surface area (Å²) < 4.78 is 16.4. The summed E-state index contributed by atoms with van der Waals surface area (Å²) in [4.78, 5) is 22.6. The predicted molar refractivity (Wildman–Crippen MR) is 99.3 cm³/mol. The van der Waals surface area contributed by atoms with Crippen LogP contribution in [0.4, 0.5) is 4.79 Å². The second-order valence-electron chi connectivity index (χ2n) is 6.21. The van der Waals surface area contributed by atoms with Gasteiger partial charge in [0, 0.05) is 24.9 Å². The molecular weight excluding hydrogens is 350 g/mol. The number of aryl methyl sites for hydroxylation is 1. The molecule has 1 amide bonds. The molecule has 27 heavy (non-hydrogen) atoms. The number of hydrogen-bond donors (Lipinski definition) is 2. The Hall–Kier alpha value is -2.96. The molecule has 0 aromatic carbocycles. The van der Waals surface area contributed by atoms with Crippen molar-refractivity contribution in [1.29, 1.82) is 0 Å². The van der Waals surface area contributed by atoms with E-state index in [0.29, 0.717) is 37.3 Å². The molecule has 0 radical (unpaired) electrons. The van der Waals surface area contributed by atoms with Crippen LogP contribution < -0.4 is 5.32 Å². The van der Waals surface area contributed by atoms with Gasteiger partial charge in [-0.15, -0.1) is 0 Å². The summed E-state index contributed by atoms with van der Waals surface area (Å²) in [5, 5.41) is 11.3. The van der Waals surface area contributed by atoms with Crippen LogP contribution >= 0.6 is 0 Å². The van der Waals surface area contributed by atoms with Crippen molar-refractivity contribution in [2.45, 2.75) is 45.1 Å². The van der Waals surface area contributed by atoms with Crippen molar-refractivity contribution >= 4 is 18.1 Å². The van der Waals surface area contributed by atoms with Gasteiger partial charge in [0.25, 0.3) is 0 Å². The van der Waals surface area contributed by atoms with Crippen LogP contribution in [0.1, 0.15) is 54.4 Å². The number of nitrogens with one attached hydrogen (secondary N) is 1. The standard InChI is InChI=1S/C20H25NO6/c1-3-16-15(9-12-25-16)13-17(19-14(2)8-11-26-19)27-20(24)21-10-6-4-5-7-18(22)23/h3,8-9,11-12,17H,1,4-7,10,13H2,2H3,(H,21,24)(H,22,23). The van der Waals surface area contributed by atoms with Crippen LogP contribution in [0.15, 0.2) is 40.1 Å². The molecule has 0 aliphatic carbocycles. The summed E-state index contributed by atoms with van der Waals surface area (Å²) in [5.74, 6) is 0.409. The zero-order valence-corrected chi connectivity index (χ0v) is 15.4. The van der Waals surface area contributed by atoms with Crippen LogP contribution in [0.2, 0.25) is 0 Å². The first-order valence-corrected chi connectivity index (χ1v) is 8.90. The molecule has 0 aliphatic heterocycles. The van der Waals surface area contributed by atoms with Crippen LogP contribution in [0.3, 0.4) is 0 Å². The van der Waals surface area contributed by atoms with Crippen LogP contribution in [-0.4, -0.2) is 23.7 Å². The highest BCUT2D eigenvalue weighted by Crippen LogP contribution is 2.28. The Labute approximate surface area is 158 Å². The molecule has 7 heteroatoms. The number of carbonyl (C=O) groups excluding carboxylic acids is 1. The molecule has 0 aliphatic rings. The van der Waals surface area contributed by atoms with Gasteiger partial charge in [-0.25, -0.2) is 4.79 Å². The van der Waals surface area contributed by atoms with Gasteiger partial charge in [0.15, 0.2) is 6.10 Å². The summed E-state index contributed by atoms with van der Waals surface area (Å²) in [5.41, 5.74) is 1.76. The second-order valence-corrected chi connectivity index (χ2v) is 6.21. The maximum absolute atomic E-state index is 12.2. The Morgan fingerprint density at radius 1 is 1.26 bits per heavy atom. The van der Waals surface area contributed by atoms with Crippen molar-refractivity contribution in [3.63, 3.8) is 0 Å². The van der Waals surface area contributed by atoms with E-state index in [1.165, 1.54) is 0 Å². The Bertz CT molecular complexity index is 760. The molecule has 2 heterocycles. The second kappa shape index (κ2) is 10.3. The zero-order valence-electron chi connectivity index (χ0n) is 15.4. The molecule has 0 saturated carbocycles. The number of furan rings is 2. The molecular formula is C20H25NO6. The monoisotopic (exact) mass is 375 g/mol. The maximum Gasteiger partial charge on any atom is 0.407 e. The first-order chi connectivity index (χ1) is 13.0. The normalized spacial score (nSPS) is 11.7. The lowest BCUT2D eigenvalue weighted by Crippen LogP contribution is -2.27. The van der Waals surface area contributed by atoms with E-state index in [0.717, 1.165) is 17.5 Å². The van der Waals surface area contributed by atoms with E-state index in [-0.39, 0.29) is 6.42 Å². The van der Waals surface area contributed by atoms with Gasteiger partial charge in [-0.1, -0.05) is 13.0 Å². The van der Waals surface area contributed by atoms with Crippen molar-refractivity contribution in [3.8, 4) is 0 Å². The van der Waals surface area contributed by atoms with E-state index in [4.69, 9.17) is 18.7 Å². The third kappa shape index (κ3) is 6.36. The highest BCUT2D eigenvalue weighted by molar-refractivity contribution is 5.67. The Kier molecular flexibility index (Phi) is 7.73. The lowest BCUT2D eigenvalue weighted by molar-refractivity contribution is -0.137. The van der Waals surface area contributed by atoms with Gasteiger partial charge in [-0.3, -0.25) is 4.79 Å². The Balaban J connectivity index is 1.90. The van der Waals surface area contributed by atoms with E-state index >= 15 is 0 Å². The van der Waals surface area contributed by atoms with E-state index in [1.54, 1.807) is 18.6 Å². The quantitative estimate of drug-likeness (QED) is 0.562. The molecule has 2 aromatic heterocycles. The number of carboxylic acids is 1. The summed E-state index contributed by atoms with van der Waals surface area (Å²) >= 11 is 0. The van der Waals surface area contributed by atoms with Crippen molar-refractivity contribution in [1.82, 2.24) is 5.32 Å². The van der Waals surface area contributed by atoms with Gasteiger partial charge in [0.2, 0.25) is 0 Å². The Morgan fingerprint density at radius 3 is 2.70 bits per heavy atom. The molecule has 0 fully saturated rings. The smallest absolute Gasteiger partial charge is 0.407 e. The summed E-state index contributed by atoms with van der Waals surface area (Å²) in [7, 11) is 0. The van der Waals surface area contributed by atoms with Gasteiger partial charge in [-0.2, -0.15) is 0 Å². The zero-order chi connectivity index (χ0) is 19.6. The highest BCUT2D eigenvalue weighted by atomic mass is 16.6. The fourth-order valence-electron chi connectivity index (χ4n) is 2.74. The van der Waals surface area contributed by atoms with E-state index in [1.807, 2.05) is 19.1 Å². The van der Waals surface area contributed by atoms with Crippen LogP contribution in [0.25, 0.3) is 6.08 Å². The average molecular weight is 375 g/mol. The minimum atomic E-state index is -0.808. The van der Waals surface area contributed by atoms with Crippen molar-refractivity contribution < 1.29 is 28.3 Å². The first kappa shape index (κ1) is 20.4. The van der Waals surface area contributed by atoms with Gasteiger partial charge >= 0.3 is 12.1 Å². The predicted octanol–water partition coefficient (Wildman–Crippen LogP) is 4.48. The number of carbonyl (C=O) groups is 2. The van der Waals surface area contributed by atoms with Gasteiger partial charge in [0.05, 0.1) is 12.5 Å². The number of hydrogen-bond acceptors (Lipinski definition) is 5. The molecule has 2 rings (SSSR count). The van der Waals surface area contributed by atoms with Crippen LogP contribution in [0, 0.1) is 6.92 Å². The Morgan fingerprint density at radius 2 is 2.04 bits per heavy atom. The minimum absolute atomic E-state index is 0.140. The summed E-state index contributed by atoms with van der Waals surface area (Å²) in [6, 6.07) is 3.63. The van der Waals surface area contributed by atoms with Gasteiger partial charge in [-0.05, 0) is 43.5 Å². The topological polar surface area (TPSA) is 102 Å². The number of unbranched alkanes of at least 4 members (excludes halogenated alkanes) is 2. The van der Waals surface area contributed by atoms with Gasteiger partial charge in [0.1, 0.15) is 11.5 Å². The van der Waals surface area contributed by atoms with E-state index < -0.39 is 18.2 Å². The van der Waals surface area contributed by atoms with Crippen LogP contribution in [0.5, 0.6) is 0 Å². The first-order valence-electron chi connectivity index (χ1n) is 8.90. The van der Waals surface area contributed by atoms with Crippen molar-refractivity contribution in [2.24, 2.45) is 0 Å². The minimum Gasteiger partial charge on any atom is -0.481 e. The molecule has 0 saturated heterocycles. The maximum atomic E-state index is 12.2. The summed E-state index contributed by atoms with van der Waals surface area (Å²) in [6.45, 7) is 6.02. The lowest BCUT2D eigenvalue weighted by atomic mass is 10.0. The summed E-state index contributed by atoms with van der Waals surface area (Å²) in [6.07, 6.45) is 6.14. The number of carboxylic acid groups (broad SMARTS) is 1. The molecule has 0 bridgehead atoms. The third-order valence-corrected chi connectivity index (χ3v) is 4.15. The number of amides is 1. The van der Waals surface area contributed by atoms with Crippen molar-refractivity contribution in [3.05, 3.63) is 53.9 Å². The average Bonchev–Trinajstić information content (AvgIpc) is 3.25.